The zero-order valence-corrected chi connectivity index (χ0v) is 24.6. The number of aromatic hydroxyl groups is 1. The molecule has 1 N–H and O–H groups in total. The summed E-state index contributed by atoms with van der Waals surface area (Å²) in [4.78, 5) is 13.5. The number of carbonyl (C=O) groups excluding carboxylic acids is 1. The Kier molecular flexibility index (Phi) is 7.81. The molecule has 1 amide bonds. The van der Waals surface area contributed by atoms with Crippen molar-refractivity contribution in [3.63, 3.8) is 0 Å². The van der Waals surface area contributed by atoms with Crippen molar-refractivity contribution in [2.45, 2.75) is 44.6 Å². The fraction of sp³-hybridized carbons (Fsp3) is 0.242. The van der Waals surface area contributed by atoms with Gasteiger partial charge in [0.15, 0.2) is 11.5 Å². The van der Waals surface area contributed by atoms with Crippen LogP contribution in [0.15, 0.2) is 97.1 Å². The molecule has 9 heteroatoms. The third-order valence-corrected chi connectivity index (χ3v) is 9.37. The molecular weight excluding hydrogens is 559 g/mol. The van der Waals surface area contributed by atoms with Crippen LogP contribution in [-0.2, 0) is 23.5 Å². The summed E-state index contributed by atoms with van der Waals surface area (Å²) in [6.07, 6.45) is -4.83. The van der Waals surface area contributed by atoms with E-state index in [1.54, 1.807) is 18.2 Å². The van der Waals surface area contributed by atoms with E-state index >= 15 is 0 Å². The lowest BCUT2D eigenvalue weighted by molar-refractivity contribution is -0.186. The van der Waals surface area contributed by atoms with Crippen LogP contribution < -0.4 is 14.7 Å². The van der Waals surface area contributed by atoms with Gasteiger partial charge in [0.1, 0.15) is 5.75 Å². The highest BCUT2D eigenvalue weighted by molar-refractivity contribution is 6.89. The Balaban J connectivity index is 1.54. The predicted octanol–water partition coefficient (Wildman–Crippen LogP) is 6.74. The zero-order chi connectivity index (χ0) is 30.1. The maximum Gasteiger partial charge on any atom is 0.471 e. The first-order chi connectivity index (χ1) is 19.9. The first-order valence-corrected chi connectivity index (χ1v) is 17.2. The molecule has 1 heterocycles. The highest BCUT2D eigenvalue weighted by atomic mass is 28.3. The minimum absolute atomic E-state index is 0.0594. The van der Waals surface area contributed by atoms with E-state index in [2.05, 4.69) is 19.6 Å². The minimum Gasteiger partial charge on any atom is -0.508 e. The molecular formula is C33H32F3NO4Si. The smallest absolute Gasteiger partial charge is 0.471 e. The maximum atomic E-state index is 13.8. The maximum absolute atomic E-state index is 13.8. The van der Waals surface area contributed by atoms with Crippen LogP contribution in [0.25, 0.3) is 0 Å². The predicted molar refractivity (Wildman–Crippen MR) is 158 cm³/mol. The Morgan fingerprint density at radius 2 is 1.36 bits per heavy atom. The molecule has 0 fully saturated rings. The van der Waals surface area contributed by atoms with Gasteiger partial charge in [-0.15, -0.1) is 0 Å². The van der Waals surface area contributed by atoms with E-state index in [0.29, 0.717) is 22.6 Å². The average molecular weight is 592 g/mol. The number of phenols is 1. The van der Waals surface area contributed by atoms with Crippen molar-refractivity contribution >= 4 is 19.2 Å². The number of benzene rings is 4. The van der Waals surface area contributed by atoms with Crippen LogP contribution in [0.4, 0.5) is 13.2 Å². The second-order valence-electron chi connectivity index (χ2n) is 11.4. The number of hydrogen-bond donors (Lipinski definition) is 1. The van der Waals surface area contributed by atoms with Crippen molar-refractivity contribution in [2.75, 3.05) is 6.54 Å². The Bertz CT molecular complexity index is 1510. The molecule has 218 valence electrons. The van der Waals surface area contributed by atoms with Crippen LogP contribution in [0.1, 0.15) is 22.3 Å². The number of fused-ring (bicyclic) bond motifs is 1. The van der Waals surface area contributed by atoms with Crippen LogP contribution in [0.5, 0.6) is 17.2 Å². The summed E-state index contributed by atoms with van der Waals surface area (Å²) < 4.78 is 54.4. The van der Waals surface area contributed by atoms with Gasteiger partial charge in [-0.1, -0.05) is 97.6 Å². The van der Waals surface area contributed by atoms with Gasteiger partial charge >= 0.3 is 17.9 Å². The van der Waals surface area contributed by atoms with E-state index in [9.17, 15) is 23.1 Å². The Morgan fingerprint density at radius 3 is 1.86 bits per heavy atom. The lowest BCUT2D eigenvalue weighted by atomic mass is 9.97. The van der Waals surface area contributed by atoms with Crippen LogP contribution in [0.3, 0.4) is 0 Å². The summed E-state index contributed by atoms with van der Waals surface area (Å²) in [6, 6.07) is 28.8. The molecule has 5 nitrogen and oxygen atoms in total. The average Bonchev–Trinajstić information content (AvgIpc) is 3.35. The zero-order valence-electron chi connectivity index (χ0n) is 23.6. The van der Waals surface area contributed by atoms with Gasteiger partial charge in [-0.25, -0.2) is 0 Å². The summed E-state index contributed by atoms with van der Waals surface area (Å²) in [7, 11) is -2.15. The Morgan fingerprint density at radius 1 is 0.833 bits per heavy atom. The lowest BCUT2D eigenvalue weighted by Gasteiger charge is -2.28. The highest BCUT2D eigenvalue weighted by Gasteiger charge is 2.47. The minimum atomic E-state index is -5.03. The third kappa shape index (κ3) is 6.01. The SMILES string of the molecule is C[Si](C)(C)c1cc2c(cc1CN(CCc1ccc(O)cc1)C(=O)C(F)(F)F)OC(c1ccccc1)(c1ccccc1)O2. The van der Waals surface area contributed by atoms with Crippen molar-refractivity contribution in [3.8, 4) is 17.2 Å². The number of hydrogen-bond acceptors (Lipinski definition) is 4. The number of ether oxygens (including phenoxy) is 2. The molecule has 0 saturated carbocycles. The van der Waals surface area contributed by atoms with Crippen molar-refractivity contribution in [1.82, 2.24) is 4.90 Å². The second-order valence-corrected chi connectivity index (χ2v) is 16.4. The van der Waals surface area contributed by atoms with Gasteiger partial charge in [0.05, 0.1) is 8.07 Å². The van der Waals surface area contributed by atoms with E-state index in [4.69, 9.17) is 9.47 Å². The van der Waals surface area contributed by atoms with E-state index in [1.165, 1.54) is 12.1 Å². The summed E-state index contributed by atoms with van der Waals surface area (Å²) in [5.41, 5.74) is 2.84. The number of rotatable bonds is 8. The van der Waals surface area contributed by atoms with Gasteiger partial charge in [-0.3, -0.25) is 4.79 Å². The first-order valence-electron chi connectivity index (χ1n) is 13.7. The molecule has 0 atom stereocenters. The van der Waals surface area contributed by atoms with E-state index in [0.717, 1.165) is 21.2 Å². The summed E-state index contributed by atoms with van der Waals surface area (Å²) in [5, 5.41) is 10.4. The van der Waals surface area contributed by atoms with Gasteiger partial charge in [0, 0.05) is 24.2 Å². The molecule has 1 aliphatic rings. The number of phenolic OH excluding ortho intramolecular Hbond substituents is 1. The van der Waals surface area contributed by atoms with Gasteiger partial charge < -0.3 is 19.5 Å². The van der Waals surface area contributed by atoms with Gasteiger partial charge in [-0.2, -0.15) is 13.2 Å². The van der Waals surface area contributed by atoms with Gasteiger partial charge in [0.25, 0.3) is 0 Å². The van der Waals surface area contributed by atoms with Crippen molar-refractivity contribution in [1.29, 1.82) is 0 Å². The van der Waals surface area contributed by atoms with Crippen LogP contribution in [-0.4, -0.2) is 36.7 Å². The number of halogens is 3. The highest BCUT2D eigenvalue weighted by Crippen LogP contribution is 2.48. The number of carbonyl (C=O) groups is 1. The summed E-state index contributed by atoms with van der Waals surface area (Å²) >= 11 is 0. The molecule has 1 aliphatic heterocycles. The van der Waals surface area contributed by atoms with Crippen LogP contribution in [0.2, 0.25) is 19.6 Å². The van der Waals surface area contributed by atoms with Crippen molar-refractivity contribution < 1.29 is 32.5 Å². The topological polar surface area (TPSA) is 59.0 Å². The summed E-state index contributed by atoms with van der Waals surface area (Å²) in [5.74, 6) is -2.22. The molecule has 42 heavy (non-hydrogen) atoms. The summed E-state index contributed by atoms with van der Waals surface area (Å²) in [6.45, 7) is 5.91. The fourth-order valence-electron chi connectivity index (χ4n) is 5.20. The second kappa shape index (κ2) is 11.2. The molecule has 0 spiro atoms. The molecule has 0 saturated heterocycles. The van der Waals surface area contributed by atoms with E-state index in [1.807, 2.05) is 66.7 Å². The Labute approximate surface area is 244 Å². The van der Waals surface area contributed by atoms with E-state index < -0.39 is 25.9 Å². The number of amides is 1. The number of nitrogens with zero attached hydrogens (tertiary/aromatic N) is 1. The third-order valence-electron chi connectivity index (χ3n) is 7.29. The molecule has 0 bridgehead atoms. The molecule has 4 aromatic carbocycles. The monoisotopic (exact) mass is 591 g/mol. The molecule has 4 aromatic rings. The van der Waals surface area contributed by atoms with Gasteiger partial charge in [-0.05, 0) is 41.8 Å². The molecule has 0 unspecified atom stereocenters. The fourth-order valence-corrected chi connectivity index (χ4v) is 6.88. The Hall–Kier alpha value is -4.24. The quantitative estimate of drug-likeness (QED) is 0.231. The van der Waals surface area contributed by atoms with Crippen molar-refractivity contribution in [2.24, 2.45) is 0 Å². The van der Waals surface area contributed by atoms with E-state index in [-0.39, 0.29) is 25.3 Å². The van der Waals surface area contributed by atoms with Crippen LogP contribution in [0, 0.1) is 0 Å². The molecule has 0 aliphatic carbocycles. The largest absolute Gasteiger partial charge is 0.508 e. The lowest BCUT2D eigenvalue weighted by Crippen LogP contribution is -2.45. The van der Waals surface area contributed by atoms with Gasteiger partial charge in [0.2, 0.25) is 0 Å². The standard InChI is InChI=1S/C33H32F3NO4Si/c1-42(2,3)30-21-29-28(40-32(41-29,25-10-6-4-7-11-25)26-12-8-5-9-13-26)20-24(30)22-37(31(39)33(34,35)36)19-18-23-14-16-27(38)17-15-23/h4-17,20-21,38H,18-19,22H2,1-3H3. The number of alkyl halides is 3. The van der Waals surface area contributed by atoms with Crippen LogP contribution >= 0.6 is 0 Å². The molecule has 5 rings (SSSR count). The molecule has 0 aromatic heterocycles. The first kappa shape index (κ1) is 29.3. The normalized spacial score (nSPS) is 14.0. The van der Waals surface area contributed by atoms with Crippen molar-refractivity contribution in [3.05, 3.63) is 119 Å². The molecule has 0 radical (unpaired) electrons.